The Morgan fingerprint density at radius 3 is 2.47 bits per heavy atom. The van der Waals surface area contributed by atoms with Crippen LogP contribution in [0, 0.1) is 0 Å². The Labute approximate surface area is 98.5 Å². The summed E-state index contributed by atoms with van der Waals surface area (Å²) in [6.07, 6.45) is 0. The average Bonchev–Trinajstić information content (AvgIpc) is 2.29. The molecular formula is C11H14N2O4. The van der Waals surface area contributed by atoms with Crippen molar-refractivity contribution in [3.8, 4) is 0 Å². The lowest BCUT2D eigenvalue weighted by Gasteiger charge is -2.06. The van der Waals surface area contributed by atoms with Gasteiger partial charge in [-0.1, -0.05) is 12.1 Å². The number of amides is 2. The molecular weight excluding hydrogens is 224 g/mol. The first-order valence-electron chi connectivity index (χ1n) is 5.01. The van der Waals surface area contributed by atoms with E-state index in [4.69, 9.17) is 5.26 Å². The minimum absolute atomic E-state index is 0.00225. The van der Waals surface area contributed by atoms with Crippen molar-refractivity contribution in [2.24, 2.45) is 0 Å². The number of carbonyl (C=O) groups excluding carboxylic acids is 2. The molecule has 1 aromatic carbocycles. The smallest absolute Gasteiger partial charge is 0.319 e. The van der Waals surface area contributed by atoms with Gasteiger partial charge in [0.2, 0.25) is 0 Å². The third-order valence-corrected chi connectivity index (χ3v) is 1.94. The molecule has 0 aromatic heterocycles. The standard InChI is InChI=1S/C11H14N2O4/c1-8(14)6-12-11(15)13-10-4-2-9(3-5-10)7-17-16/h2-5,16H,6-7H2,1H3,(H2,12,13,15). The Bertz CT molecular complexity index is 389. The van der Waals surface area contributed by atoms with Gasteiger partial charge in [0, 0.05) is 5.69 Å². The zero-order valence-electron chi connectivity index (χ0n) is 9.40. The van der Waals surface area contributed by atoms with E-state index in [2.05, 4.69) is 15.5 Å². The summed E-state index contributed by atoms with van der Waals surface area (Å²) < 4.78 is 0. The molecule has 2 amide bonds. The highest BCUT2D eigenvalue weighted by Crippen LogP contribution is 2.09. The number of rotatable bonds is 5. The summed E-state index contributed by atoms with van der Waals surface area (Å²) in [4.78, 5) is 25.9. The Morgan fingerprint density at radius 2 is 1.94 bits per heavy atom. The molecule has 17 heavy (non-hydrogen) atoms. The van der Waals surface area contributed by atoms with Crippen LogP contribution in [-0.4, -0.2) is 23.6 Å². The van der Waals surface area contributed by atoms with E-state index < -0.39 is 6.03 Å². The van der Waals surface area contributed by atoms with Crippen molar-refractivity contribution in [1.82, 2.24) is 5.32 Å². The molecule has 0 bridgehead atoms. The van der Waals surface area contributed by atoms with E-state index in [9.17, 15) is 9.59 Å². The number of carbonyl (C=O) groups is 2. The molecule has 1 aromatic rings. The predicted molar refractivity (Wildman–Crippen MR) is 61.6 cm³/mol. The van der Waals surface area contributed by atoms with Gasteiger partial charge >= 0.3 is 6.03 Å². The molecule has 0 radical (unpaired) electrons. The van der Waals surface area contributed by atoms with Crippen LogP contribution in [0.4, 0.5) is 10.5 Å². The molecule has 6 heteroatoms. The summed E-state index contributed by atoms with van der Waals surface area (Å²) in [6, 6.07) is 6.31. The van der Waals surface area contributed by atoms with Gasteiger partial charge in [0.15, 0.2) is 0 Å². The van der Waals surface area contributed by atoms with Gasteiger partial charge in [-0.3, -0.25) is 10.1 Å². The van der Waals surface area contributed by atoms with Gasteiger partial charge in [0.05, 0.1) is 6.54 Å². The third kappa shape index (κ3) is 5.10. The fraction of sp³-hybridized carbons (Fsp3) is 0.273. The topological polar surface area (TPSA) is 87.7 Å². The zero-order valence-corrected chi connectivity index (χ0v) is 9.40. The minimum atomic E-state index is -0.439. The number of ketones is 1. The van der Waals surface area contributed by atoms with Gasteiger partial charge in [0.25, 0.3) is 0 Å². The number of benzene rings is 1. The number of anilines is 1. The largest absolute Gasteiger partial charge is 0.331 e. The van der Waals surface area contributed by atoms with Gasteiger partial charge in [-0.05, 0) is 24.6 Å². The lowest BCUT2D eigenvalue weighted by Crippen LogP contribution is -2.32. The van der Waals surface area contributed by atoms with E-state index in [1.165, 1.54) is 6.92 Å². The lowest BCUT2D eigenvalue weighted by atomic mass is 10.2. The van der Waals surface area contributed by atoms with Crippen molar-refractivity contribution in [3.63, 3.8) is 0 Å². The second-order valence-corrected chi connectivity index (χ2v) is 3.48. The first-order valence-corrected chi connectivity index (χ1v) is 5.01. The summed E-state index contributed by atoms with van der Waals surface area (Å²) in [5.41, 5.74) is 1.37. The zero-order chi connectivity index (χ0) is 12.7. The van der Waals surface area contributed by atoms with Crippen molar-refractivity contribution in [1.29, 1.82) is 0 Å². The number of urea groups is 1. The molecule has 0 aliphatic rings. The summed E-state index contributed by atoms with van der Waals surface area (Å²) in [6.45, 7) is 1.49. The fourth-order valence-corrected chi connectivity index (χ4v) is 1.14. The summed E-state index contributed by atoms with van der Waals surface area (Å²) in [5, 5.41) is 13.2. The van der Waals surface area contributed by atoms with E-state index in [0.29, 0.717) is 5.69 Å². The Morgan fingerprint density at radius 1 is 1.29 bits per heavy atom. The molecule has 0 fully saturated rings. The van der Waals surface area contributed by atoms with Gasteiger partial charge < -0.3 is 10.6 Å². The quantitative estimate of drug-likeness (QED) is 0.534. The molecule has 0 atom stereocenters. The molecule has 0 aliphatic heterocycles. The number of hydrogen-bond acceptors (Lipinski definition) is 4. The Kier molecular flexibility index (Phi) is 5.12. The number of Topliss-reactive ketones (excluding diaryl/α,β-unsaturated/α-hetero) is 1. The first-order chi connectivity index (χ1) is 8.11. The number of hydrogen-bond donors (Lipinski definition) is 3. The van der Waals surface area contributed by atoms with Crippen LogP contribution in [0.25, 0.3) is 0 Å². The summed E-state index contributed by atoms with van der Waals surface area (Å²) in [5.74, 6) is -0.115. The highest BCUT2D eigenvalue weighted by molar-refractivity contribution is 5.92. The molecule has 0 unspecified atom stereocenters. The van der Waals surface area contributed by atoms with Crippen LogP contribution >= 0.6 is 0 Å². The Hall–Kier alpha value is -1.92. The molecule has 1 rings (SSSR count). The van der Waals surface area contributed by atoms with Crippen molar-refractivity contribution < 1.29 is 19.7 Å². The van der Waals surface area contributed by atoms with E-state index in [1.54, 1.807) is 24.3 Å². The second-order valence-electron chi connectivity index (χ2n) is 3.48. The van der Waals surface area contributed by atoms with Crippen LogP contribution in [0.15, 0.2) is 24.3 Å². The summed E-state index contributed by atoms with van der Waals surface area (Å²) >= 11 is 0. The Balaban J connectivity index is 2.45. The van der Waals surface area contributed by atoms with Crippen LogP contribution in [-0.2, 0) is 16.3 Å². The number of nitrogens with one attached hydrogen (secondary N) is 2. The van der Waals surface area contributed by atoms with Crippen LogP contribution < -0.4 is 10.6 Å². The van der Waals surface area contributed by atoms with Crippen LogP contribution in [0.3, 0.4) is 0 Å². The van der Waals surface area contributed by atoms with Crippen LogP contribution in [0.5, 0.6) is 0 Å². The first kappa shape index (κ1) is 13.1. The van der Waals surface area contributed by atoms with E-state index in [0.717, 1.165) is 5.56 Å². The van der Waals surface area contributed by atoms with Crippen LogP contribution in [0.1, 0.15) is 12.5 Å². The molecule has 6 nitrogen and oxygen atoms in total. The monoisotopic (exact) mass is 238 g/mol. The van der Waals surface area contributed by atoms with Gasteiger partial charge in [-0.25, -0.2) is 9.68 Å². The van der Waals surface area contributed by atoms with Gasteiger partial charge in [-0.2, -0.15) is 0 Å². The molecule has 92 valence electrons. The maximum absolute atomic E-state index is 11.3. The molecule has 0 heterocycles. The van der Waals surface area contributed by atoms with Crippen molar-refractivity contribution >= 4 is 17.5 Å². The van der Waals surface area contributed by atoms with Crippen molar-refractivity contribution in [2.75, 3.05) is 11.9 Å². The molecule has 0 saturated heterocycles. The maximum Gasteiger partial charge on any atom is 0.319 e. The normalized spacial score (nSPS) is 9.76. The van der Waals surface area contributed by atoms with Gasteiger partial charge in [-0.15, -0.1) is 0 Å². The second kappa shape index (κ2) is 6.62. The van der Waals surface area contributed by atoms with Crippen molar-refractivity contribution in [3.05, 3.63) is 29.8 Å². The minimum Gasteiger partial charge on any atom is -0.331 e. The molecule has 0 saturated carbocycles. The molecule has 0 spiro atoms. The van der Waals surface area contributed by atoms with Crippen molar-refractivity contribution in [2.45, 2.75) is 13.5 Å². The van der Waals surface area contributed by atoms with Gasteiger partial charge in [0.1, 0.15) is 12.4 Å². The SMILES string of the molecule is CC(=O)CNC(=O)Nc1ccc(COO)cc1. The maximum atomic E-state index is 11.3. The van der Waals surface area contributed by atoms with E-state index in [-0.39, 0.29) is 18.9 Å². The molecule has 0 aliphatic carbocycles. The third-order valence-electron chi connectivity index (χ3n) is 1.94. The highest BCUT2D eigenvalue weighted by atomic mass is 17.1. The fourth-order valence-electron chi connectivity index (χ4n) is 1.14. The molecule has 3 N–H and O–H groups in total. The predicted octanol–water partition coefficient (Wildman–Crippen LogP) is 1.39. The van der Waals surface area contributed by atoms with E-state index >= 15 is 0 Å². The summed E-state index contributed by atoms with van der Waals surface area (Å²) in [7, 11) is 0. The lowest BCUT2D eigenvalue weighted by molar-refractivity contribution is -0.253. The average molecular weight is 238 g/mol. The van der Waals surface area contributed by atoms with E-state index in [1.807, 2.05) is 0 Å². The van der Waals surface area contributed by atoms with Crippen LogP contribution in [0.2, 0.25) is 0 Å². The highest BCUT2D eigenvalue weighted by Gasteiger charge is 2.02.